The Kier molecular flexibility index (Phi) is 6.09. The molecule has 0 spiro atoms. The molecule has 1 N–H and O–H groups in total. The van der Waals surface area contributed by atoms with Gasteiger partial charge in [-0.05, 0) is 49.9 Å². The smallest absolute Gasteiger partial charge is 0.144 e. The first-order valence-corrected chi connectivity index (χ1v) is 10.8. The molecule has 3 aromatic rings. The molecule has 32 heavy (non-hydrogen) atoms. The number of anilines is 2. The standard InChI is InChI=1S/C25H26N6O/c1-16-19(14-27)5-4-6-20(16)17(2)30-25-21-11-23(31-9-7-18(13-26)8-10-31)24(32-3)12-22(21)28-15-29-25/h4-6,11-12,15,17-18H,7-10H2,1-3H3,(H,28,29,30)/t17-/m1/s1. The van der Waals surface area contributed by atoms with Gasteiger partial charge in [-0.2, -0.15) is 10.5 Å². The van der Waals surface area contributed by atoms with Crippen LogP contribution in [0.5, 0.6) is 5.75 Å². The first kappa shape index (κ1) is 21.4. The second-order valence-electron chi connectivity index (χ2n) is 8.15. The Morgan fingerprint density at radius 3 is 2.66 bits per heavy atom. The number of ether oxygens (including phenoxy) is 1. The minimum absolute atomic E-state index is 0.0432. The van der Waals surface area contributed by atoms with Crippen LogP contribution in [0.4, 0.5) is 11.5 Å². The van der Waals surface area contributed by atoms with E-state index in [0.717, 1.165) is 65.2 Å². The lowest BCUT2D eigenvalue weighted by molar-refractivity contribution is 0.410. The van der Waals surface area contributed by atoms with Crippen molar-refractivity contribution in [2.24, 2.45) is 5.92 Å². The number of benzene rings is 2. The summed E-state index contributed by atoms with van der Waals surface area (Å²) in [5.74, 6) is 1.62. The molecule has 4 rings (SSSR count). The Balaban J connectivity index is 1.70. The van der Waals surface area contributed by atoms with Crippen molar-refractivity contribution >= 4 is 22.4 Å². The van der Waals surface area contributed by atoms with E-state index in [1.54, 1.807) is 13.4 Å². The van der Waals surface area contributed by atoms with Gasteiger partial charge in [-0.1, -0.05) is 12.1 Å². The van der Waals surface area contributed by atoms with Crippen LogP contribution in [0.3, 0.4) is 0 Å². The van der Waals surface area contributed by atoms with E-state index in [9.17, 15) is 10.5 Å². The number of fused-ring (bicyclic) bond motifs is 1. The van der Waals surface area contributed by atoms with E-state index >= 15 is 0 Å². The SMILES string of the molecule is COc1cc2ncnc(N[C@H](C)c3cccc(C#N)c3C)c2cc1N1CCC(C#N)CC1. The van der Waals surface area contributed by atoms with E-state index in [0.29, 0.717) is 5.56 Å². The van der Waals surface area contributed by atoms with Crippen LogP contribution in [0.25, 0.3) is 10.9 Å². The van der Waals surface area contributed by atoms with E-state index in [-0.39, 0.29) is 12.0 Å². The van der Waals surface area contributed by atoms with Crippen LogP contribution in [0, 0.1) is 35.5 Å². The molecule has 7 heteroatoms. The van der Waals surface area contributed by atoms with Crippen molar-refractivity contribution in [3.63, 3.8) is 0 Å². The lowest BCUT2D eigenvalue weighted by atomic mass is 9.97. The molecule has 0 saturated carbocycles. The molecule has 0 unspecified atom stereocenters. The van der Waals surface area contributed by atoms with Gasteiger partial charge in [0.25, 0.3) is 0 Å². The van der Waals surface area contributed by atoms with Gasteiger partial charge in [0.05, 0.1) is 42.1 Å². The summed E-state index contributed by atoms with van der Waals surface area (Å²) in [5, 5.41) is 23.0. The lowest BCUT2D eigenvalue weighted by Crippen LogP contribution is -2.33. The van der Waals surface area contributed by atoms with Gasteiger partial charge in [0.1, 0.15) is 17.9 Å². The average Bonchev–Trinajstić information content (AvgIpc) is 2.83. The predicted molar refractivity (Wildman–Crippen MR) is 125 cm³/mol. The van der Waals surface area contributed by atoms with E-state index in [1.807, 2.05) is 31.2 Å². The number of hydrogen-bond acceptors (Lipinski definition) is 7. The normalized spacial score (nSPS) is 15.1. The average molecular weight is 427 g/mol. The first-order chi connectivity index (χ1) is 15.5. The summed E-state index contributed by atoms with van der Waals surface area (Å²) in [4.78, 5) is 11.2. The number of aromatic nitrogens is 2. The van der Waals surface area contributed by atoms with Gasteiger partial charge in [-0.15, -0.1) is 0 Å². The molecule has 1 fully saturated rings. The molecule has 0 amide bonds. The van der Waals surface area contributed by atoms with Crippen LogP contribution >= 0.6 is 0 Å². The highest BCUT2D eigenvalue weighted by atomic mass is 16.5. The highest BCUT2D eigenvalue weighted by Crippen LogP contribution is 2.37. The van der Waals surface area contributed by atoms with E-state index < -0.39 is 0 Å². The van der Waals surface area contributed by atoms with Crippen molar-refractivity contribution in [1.29, 1.82) is 10.5 Å². The number of rotatable bonds is 5. The molecule has 1 saturated heterocycles. The Morgan fingerprint density at radius 1 is 1.19 bits per heavy atom. The molecule has 1 aliphatic rings. The summed E-state index contributed by atoms with van der Waals surface area (Å²) in [6, 6.07) is 14.4. The molecule has 1 aromatic heterocycles. The van der Waals surface area contributed by atoms with E-state index in [2.05, 4.69) is 45.3 Å². The van der Waals surface area contributed by atoms with Crippen LogP contribution in [0.2, 0.25) is 0 Å². The molecule has 2 heterocycles. The summed E-state index contributed by atoms with van der Waals surface area (Å²) in [7, 11) is 1.67. The van der Waals surface area contributed by atoms with E-state index in [1.165, 1.54) is 0 Å². The molecule has 0 bridgehead atoms. The molecule has 1 atom stereocenters. The van der Waals surface area contributed by atoms with Gasteiger partial charge < -0.3 is 15.0 Å². The number of nitriles is 2. The largest absolute Gasteiger partial charge is 0.495 e. The van der Waals surface area contributed by atoms with Crippen molar-refractivity contribution in [2.45, 2.75) is 32.7 Å². The molecule has 162 valence electrons. The zero-order chi connectivity index (χ0) is 22.7. The topological polar surface area (TPSA) is 97.9 Å². The Bertz CT molecular complexity index is 1220. The maximum Gasteiger partial charge on any atom is 0.144 e. The molecule has 0 aliphatic carbocycles. The van der Waals surface area contributed by atoms with Crippen molar-refractivity contribution in [3.8, 4) is 17.9 Å². The van der Waals surface area contributed by atoms with Crippen LogP contribution in [0.15, 0.2) is 36.7 Å². The van der Waals surface area contributed by atoms with Crippen molar-refractivity contribution in [3.05, 3.63) is 53.3 Å². The van der Waals surface area contributed by atoms with Crippen LogP contribution < -0.4 is 15.0 Å². The van der Waals surface area contributed by atoms with Crippen molar-refractivity contribution in [2.75, 3.05) is 30.4 Å². The monoisotopic (exact) mass is 426 g/mol. The van der Waals surface area contributed by atoms with Gasteiger partial charge in [0, 0.05) is 30.5 Å². The second kappa shape index (κ2) is 9.11. The van der Waals surface area contributed by atoms with Crippen LogP contribution in [0.1, 0.15) is 42.5 Å². The minimum atomic E-state index is -0.0432. The van der Waals surface area contributed by atoms with Crippen LogP contribution in [-0.4, -0.2) is 30.2 Å². The number of nitrogens with zero attached hydrogens (tertiary/aromatic N) is 5. The minimum Gasteiger partial charge on any atom is -0.495 e. The predicted octanol–water partition coefficient (Wildman–Crippen LogP) is 4.73. The lowest BCUT2D eigenvalue weighted by Gasteiger charge is -2.32. The third-order valence-electron chi connectivity index (χ3n) is 6.27. The molecule has 2 aromatic carbocycles. The summed E-state index contributed by atoms with van der Waals surface area (Å²) in [6.45, 7) is 5.66. The summed E-state index contributed by atoms with van der Waals surface area (Å²) in [6.07, 6.45) is 3.24. The van der Waals surface area contributed by atoms with Crippen LogP contribution in [-0.2, 0) is 0 Å². The van der Waals surface area contributed by atoms with Gasteiger partial charge in [0.2, 0.25) is 0 Å². The molecule has 0 radical (unpaired) electrons. The Hall–Kier alpha value is -3.84. The number of methoxy groups -OCH3 is 1. The highest BCUT2D eigenvalue weighted by molar-refractivity contribution is 5.94. The highest BCUT2D eigenvalue weighted by Gasteiger charge is 2.23. The maximum atomic E-state index is 9.37. The van der Waals surface area contributed by atoms with Crippen molar-refractivity contribution < 1.29 is 4.74 Å². The quantitative estimate of drug-likeness (QED) is 0.630. The fourth-order valence-electron chi connectivity index (χ4n) is 4.37. The second-order valence-corrected chi connectivity index (χ2v) is 8.15. The number of nitrogens with one attached hydrogen (secondary N) is 1. The molecule has 7 nitrogen and oxygen atoms in total. The third-order valence-corrected chi connectivity index (χ3v) is 6.27. The first-order valence-electron chi connectivity index (χ1n) is 10.8. The van der Waals surface area contributed by atoms with Gasteiger partial charge >= 0.3 is 0 Å². The van der Waals surface area contributed by atoms with Crippen molar-refractivity contribution in [1.82, 2.24) is 9.97 Å². The molecule has 1 aliphatic heterocycles. The van der Waals surface area contributed by atoms with Gasteiger partial charge in [0.15, 0.2) is 0 Å². The molecular formula is C25H26N6O. The summed E-state index contributed by atoms with van der Waals surface area (Å²) in [5.41, 5.74) is 4.49. The zero-order valence-corrected chi connectivity index (χ0v) is 18.6. The number of hydrogen-bond donors (Lipinski definition) is 1. The Labute approximate surface area is 188 Å². The van der Waals surface area contributed by atoms with Gasteiger partial charge in [-0.25, -0.2) is 9.97 Å². The summed E-state index contributed by atoms with van der Waals surface area (Å²) < 4.78 is 5.67. The Morgan fingerprint density at radius 2 is 1.97 bits per heavy atom. The van der Waals surface area contributed by atoms with E-state index in [4.69, 9.17) is 4.74 Å². The summed E-state index contributed by atoms with van der Waals surface area (Å²) >= 11 is 0. The molecular weight excluding hydrogens is 400 g/mol. The van der Waals surface area contributed by atoms with Gasteiger partial charge in [-0.3, -0.25) is 0 Å². The third kappa shape index (κ3) is 4.02. The fourth-order valence-corrected chi connectivity index (χ4v) is 4.37. The maximum absolute atomic E-state index is 9.37. The fraction of sp³-hybridized carbons (Fsp3) is 0.360. The zero-order valence-electron chi connectivity index (χ0n) is 18.6. The number of piperidine rings is 1.